The van der Waals surface area contributed by atoms with Gasteiger partial charge in [-0.3, -0.25) is 14.7 Å². The average Bonchev–Trinajstić information content (AvgIpc) is 2.57. The Hall–Kier alpha value is -1.66. The Morgan fingerprint density at radius 3 is 2.60 bits per heavy atom. The van der Waals surface area contributed by atoms with Crippen molar-refractivity contribution in [3.63, 3.8) is 0 Å². The quantitative estimate of drug-likeness (QED) is 0.720. The molecule has 0 bridgehead atoms. The van der Waals surface area contributed by atoms with E-state index in [1.54, 1.807) is 13.1 Å². The Kier molecular flexibility index (Phi) is 5.59. The Morgan fingerprint density at radius 1 is 1.32 bits per heavy atom. The number of aliphatic imine (C=N–C) groups is 2. The molecule has 0 N–H and O–H groups in total. The molecule has 0 aromatic rings. The predicted molar refractivity (Wildman–Crippen MR) is 102 cm³/mol. The van der Waals surface area contributed by atoms with E-state index in [1.165, 1.54) is 12.8 Å². The van der Waals surface area contributed by atoms with E-state index >= 15 is 0 Å². The SMILES string of the molecule is C=N/C(C)=C1/C(Cl)=NC=CN1CC1CC(N2CCN(C(C)=O)CC2)C1. The largest absolute Gasteiger partial charge is 0.342 e. The van der Waals surface area contributed by atoms with E-state index in [1.807, 2.05) is 18.0 Å². The van der Waals surface area contributed by atoms with Crippen LogP contribution in [0.4, 0.5) is 0 Å². The number of carbonyl (C=O) groups is 1. The summed E-state index contributed by atoms with van der Waals surface area (Å²) in [4.78, 5) is 26.2. The van der Waals surface area contributed by atoms with E-state index in [0.29, 0.717) is 17.1 Å². The monoisotopic (exact) mass is 363 g/mol. The molecule has 0 spiro atoms. The average molecular weight is 364 g/mol. The summed E-state index contributed by atoms with van der Waals surface area (Å²) in [6.45, 7) is 11.8. The van der Waals surface area contributed by atoms with Crippen LogP contribution in [-0.2, 0) is 4.79 Å². The summed E-state index contributed by atoms with van der Waals surface area (Å²) in [5, 5.41) is 0.476. The van der Waals surface area contributed by atoms with Crippen LogP contribution in [0.1, 0.15) is 26.7 Å². The van der Waals surface area contributed by atoms with Gasteiger partial charge < -0.3 is 9.80 Å². The molecule has 136 valence electrons. The molecule has 7 heteroatoms. The molecule has 2 aliphatic heterocycles. The Bertz CT molecular complexity index is 627. The minimum Gasteiger partial charge on any atom is -0.342 e. The Labute approximate surface area is 154 Å². The van der Waals surface area contributed by atoms with E-state index in [0.717, 1.165) is 44.1 Å². The fraction of sp³-hybridized carbons (Fsp3) is 0.611. The van der Waals surface area contributed by atoms with Crippen molar-refractivity contribution in [1.82, 2.24) is 14.7 Å². The molecule has 2 heterocycles. The molecule has 0 unspecified atom stereocenters. The second-order valence-electron chi connectivity index (χ2n) is 7.00. The van der Waals surface area contributed by atoms with E-state index < -0.39 is 0 Å². The molecule has 3 aliphatic rings. The van der Waals surface area contributed by atoms with Crippen molar-refractivity contribution in [2.75, 3.05) is 32.7 Å². The lowest BCUT2D eigenvalue weighted by atomic mass is 9.78. The van der Waals surface area contributed by atoms with Gasteiger partial charge in [-0.05, 0) is 32.4 Å². The lowest BCUT2D eigenvalue weighted by Gasteiger charge is -2.47. The van der Waals surface area contributed by atoms with Crippen LogP contribution < -0.4 is 0 Å². The zero-order valence-electron chi connectivity index (χ0n) is 15.0. The van der Waals surface area contributed by atoms with Crippen LogP contribution in [0.5, 0.6) is 0 Å². The highest BCUT2D eigenvalue weighted by Crippen LogP contribution is 2.35. The minimum atomic E-state index is 0.187. The van der Waals surface area contributed by atoms with Gasteiger partial charge in [-0.1, -0.05) is 11.6 Å². The maximum absolute atomic E-state index is 11.4. The maximum Gasteiger partial charge on any atom is 0.219 e. The third-order valence-electron chi connectivity index (χ3n) is 5.44. The summed E-state index contributed by atoms with van der Waals surface area (Å²) in [6, 6.07) is 0.642. The standard InChI is InChI=1S/C18H26ClN5O/c1-13(20-3)17-18(19)21-4-5-24(17)12-15-10-16(11-15)23-8-6-22(7-9-23)14(2)25/h4-5,15-16H,3,6-12H2,1-2H3/b17-13-. The van der Waals surface area contributed by atoms with E-state index in [2.05, 4.69) is 26.5 Å². The highest BCUT2D eigenvalue weighted by molar-refractivity contribution is 6.69. The van der Waals surface area contributed by atoms with E-state index in [-0.39, 0.29) is 5.91 Å². The highest BCUT2D eigenvalue weighted by atomic mass is 35.5. The highest BCUT2D eigenvalue weighted by Gasteiger charge is 2.36. The zero-order chi connectivity index (χ0) is 18.0. The van der Waals surface area contributed by atoms with Crippen LogP contribution in [0.3, 0.4) is 0 Å². The number of hydrogen-bond acceptors (Lipinski definition) is 5. The van der Waals surface area contributed by atoms with Gasteiger partial charge in [0, 0.05) is 58.1 Å². The number of rotatable bonds is 4. The predicted octanol–water partition coefficient (Wildman–Crippen LogP) is 2.29. The second-order valence-corrected chi connectivity index (χ2v) is 7.35. The summed E-state index contributed by atoms with van der Waals surface area (Å²) < 4.78 is 0. The minimum absolute atomic E-state index is 0.187. The Balaban J connectivity index is 1.51. The Morgan fingerprint density at radius 2 is 2.00 bits per heavy atom. The van der Waals surface area contributed by atoms with Gasteiger partial charge in [0.05, 0.1) is 5.70 Å². The molecule has 0 atom stereocenters. The lowest BCUT2D eigenvalue weighted by molar-refractivity contribution is -0.131. The number of halogens is 1. The molecule has 25 heavy (non-hydrogen) atoms. The second kappa shape index (κ2) is 7.70. The van der Waals surface area contributed by atoms with Gasteiger partial charge in [-0.15, -0.1) is 0 Å². The first kappa shape index (κ1) is 18.1. The van der Waals surface area contributed by atoms with Gasteiger partial charge in [0.2, 0.25) is 5.91 Å². The topological polar surface area (TPSA) is 51.5 Å². The summed E-state index contributed by atoms with van der Waals surface area (Å²) in [5.41, 5.74) is 1.66. The number of hydrogen-bond donors (Lipinski definition) is 0. The first-order valence-corrected chi connectivity index (χ1v) is 9.21. The van der Waals surface area contributed by atoms with Crippen LogP contribution >= 0.6 is 11.6 Å². The third-order valence-corrected chi connectivity index (χ3v) is 5.72. The van der Waals surface area contributed by atoms with Crippen LogP contribution in [0.25, 0.3) is 0 Å². The molecule has 1 amide bonds. The molecule has 2 fully saturated rings. The number of piperazine rings is 1. The van der Waals surface area contributed by atoms with Crippen LogP contribution in [-0.4, -0.2) is 71.3 Å². The van der Waals surface area contributed by atoms with E-state index in [9.17, 15) is 4.79 Å². The van der Waals surface area contributed by atoms with Crippen molar-refractivity contribution in [3.8, 4) is 0 Å². The fourth-order valence-electron chi connectivity index (χ4n) is 3.85. The van der Waals surface area contributed by atoms with Crippen molar-refractivity contribution >= 4 is 29.4 Å². The number of nitrogens with zero attached hydrogens (tertiary/aromatic N) is 5. The van der Waals surface area contributed by atoms with Gasteiger partial charge in [0.15, 0.2) is 5.17 Å². The summed E-state index contributed by atoms with van der Waals surface area (Å²) in [6.07, 6.45) is 6.08. The summed E-state index contributed by atoms with van der Waals surface area (Å²) >= 11 is 6.26. The van der Waals surface area contributed by atoms with Crippen molar-refractivity contribution in [2.45, 2.75) is 32.7 Å². The molecule has 6 nitrogen and oxygen atoms in total. The summed E-state index contributed by atoms with van der Waals surface area (Å²) in [7, 11) is 0. The number of amides is 1. The molecule has 1 aliphatic carbocycles. The van der Waals surface area contributed by atoms with E-state index in [4.69, 9.17) is 11.6 Å². The van der Waals surface area contributed by atoms with Gasteiger partial charge >= 0.3 is 0 Å². The molecule has 0 aromatic carbocycles. The molecule has 1 saturated heterocycles. The van der Waals surface area contributed by atoms with Gasteiger partial charge in [0.1, 0.15) is 5.70 Å². The van der Waals surface area contributed by atoms with Crippen molar-refractivity contribution in [3.05, 3.63) is 23.8 Å². The normalized spacial score (nSPS) is 29.2. The number of carbonyl (C=O) groups excluding carboxylic acids is 1. The van der Waals surface area contributed by atoms with Crippen molar-refractivity contribution in [1.29, 1.82) is 0 Å². The van der Waals surface area contributed by atoms with Gasteiger partial charge in [-0.25, -0.2) is 4.99 Å². The maximum atomic E-state index is 11.4. The molecule has 0 aromatic heterocycles. The number of allylic oxidation sites excluding steroid dienone is 2. The third kappa shape index (κ3) is 3.96. The van der Waals surface area contributed by atoms with Crippen LogP contribution in [0.2, 0.25) is 0 Å². The molecule has 1 saturated carbocycles. The van der Waals surface area contributed by atoms with Crippen molar-refractivity contribution < 1.29 is 4.79 Å². The van der Waals surface area contributed by atoms with Gasteiger partial charge in [0.25, 0.3) is 0 Å². The molecule has 0 radical (unpaired) electrons. The van der Waals surface area contributed by atoms with Crippen LogP contribution in [0.15, 0.2) is 33.8 Å². The first-order chi connectivity index (χ1) is 12.0. The van der Waals surface area contributed by atoms with Gasteiger partial charge in [-0.2, -0.15) is 0 Å². The smallest absolute Gasteiger partial charge is 0.219 e. The molecular formula is C18H26ClN5O. The molecular weight excluding hydrogens is 338 g/mol. The first-order valence-electron chi connectivity index (χ1n) is 8.83. The van der Waals surface area contributed by atoms with Crippen molar-refractivity contribution in [2.24, 2.45) is 15.9 Å². The lowest BCUT2D eigenvalue weighted by Crippen LogP contribution is -2.55. The van der Waals surface area contributed by atoms with Crippen LogP contribution in [0, 0.1) is 5.92 Å². The molecule has 3 rings (SSSR count). The zero-order valence-corrected chi connectivity index (χ0v) is 15.7. The summed E-state index contributed by atoms with van der Waals surface area (Å²) in [5.74, 6) is 0.822. The fourth-order valence-corrected chi connectivity index (χ4v) is 4.15.